The molecule has 0 saturated heterocycles. The van der Waals surface area contributed by atoms with Gasteiger partial charge in [-0.05, 0) is 29.9 Å². The molecule has 0 amide bonds. The van der Waals surface area contributed by atoms with E-state index in [9.17, 15) is 4.79 Å². The van der Waals surface area contributed by atoms with Crippen molar-refractivity contribution in [3.63, 3.8) is 0 Å². The van der Waals surface area contributed by atoms with Crippen LogP contribution in [0.15, 0.2) is 12.3 Å². The highest BCUT2D eigenvalue weighted by atomic mass is 16.5. The van der Waals surface area contributed by atoms with Gasteiger partial charge in [-0.2, -0.15) is 0 Å². The van der Waals surface area contributed by atoms with Gasteiger partial charge in [0.1, 0.15) is 6.54 Å². The van der Waals surface area contributed by atoms with Crippen molar-refractivity contribution in [2.45, 2.75) is 39.3 Å². The summed E-state index contributed by atoms with van der Waals surface area (Å²) in [5, 5.41) is 0. The SMILES string of the molecule is COC(=O)Cn1ccc2c1CC(C)(C)CC2N. The molecule has 0 spiro atoms. The number of hydrogen-bond acceptors (Lipinski definition) is 3. The van der Waals surface area contributed by atoms with Crippen LogP contribution in [0.1, 0.15) is 37.6 Å². The first kappa shape index (κ1) is 12.2. The zero-order chi connectivity index (χ0) is 12.6. The minimum atomic E-state index is -0.222. The van der Waals surface area contributed by atoms with Crippen molar-refractivity contribution in [2.24, 2.45) is 11.1 Å². The van der Waals surface area contributed by atoms with Gasteiger partial charge in [0.25, 0.3) is 0 Å². The lowest BCUT2D eigenvalue weighted by atomic mass is 9.74. The third-order valence-corrected chi connectivity index (χ3v) is 3.46. The summed E-state index contributed by atoms with van der Waals surface area (Å²) in [6.45, 7) is 4.70. The first-order valence-corrected chi connectivity index (χ1v) is 5.93. The molecule has 0 fully saturated rings. The molecule has 0 aromatic carbocycles. The number of esters is 1. The Balaban J connectivity index is 2.30. The molecule has 1 aromatic heterocycles. The molecule has 1 aromatic rings. The molecule has 4 heteroatoms. The standard InChI is InChI=1S/C13H20N2O2/c1-13(2)6-10(14)9-4-5-15(11(9)7-13)8-12(16)17-3/h4-5,10H,6-8,14H2,1-3H3. The number of nitrogens with zero attached hydrogens (tertiary/aromatic N) is 1. The highest BCUT2D eigenvalue weighted by molar-refractivity contribution is 5.69. The lowest BCUT2D eigenvalue weighted by Gasteiger charge is -2.34. The second-order valence-corrected chi connectivity index (χ2v) is 5.57. The topological polar surface area (TPSA) is 57.2 Å². The van der Waals surface area contributed by atoms with Crippen LogP contribution in [0.2, 0.25) is 0 Å². The molecular formula is C13H20N2O2. The Hall–Kier alpha value is -1.29. The number of methoxy groups -OCH3 is 1. The van der Waals surface area contributed by atoms with E-state index >= 15 is 0 Å². The summed E-state index contributed by atoms with van der Waals surface area (Å²) >= 11 is 0. The highest BCUT2D eigenvalue weighted by Gasteiger charge is 2.32. The normalized spacial score (nSPS) is 22.0. The Kier molecular flexibility index (Phi) is 3.00. The fraction of sp³-hybridized carbons (Fsp3) is 0.615. The van der Waals surface area contributed by atoms with Crippen molar-refractivity contribution in [1.29, 1.82) is 0 Å². The molecule has 1 heterocycles. The average Bonchev–Trinajstić information content (AvgIpc) is 2.60. The van der Waals surface area contributed by atoms with Crippen molar-refractivity contribution in [1.82, 2.24) is 4.57 Å². The number of hydrogen-bond donors (Lipinski definition) is 1. The smallest absolute Gasteiger partial charge is 0.325 e. The fourth-order valence-corrected chi connectivity index (χ4v) is 2.65. The zero-order valence-corrected chi connectivity index (χ0v) is 10.7. The van der Waals surface area contributed by atoms with E-state index in [4.69, 9.17) is 10.5 Å². The lowest BCUT2D eigenvalue weighted by Crippen LogP contribution is -2.31. The maximum atomic E-state index is 11.3. The quantitative estimate of drug-likeness (QED) is 0.794. The predicted molar refractivity (Wildman–Crippen MR) is 65.5 cm³/mol. The molecule has 0 bridgehead atoms. The van der Waals surface area contributed by atoms with Gasteiger partial charge in [0.15, 0.2) is 0 Å². The van der Waals surface area contributed by atoms with Gasteiger partial charge in [0.2, 0.25) is 0 Å². The van der Waals surface area contributed by atoms with Gasteiger partial charge < -0.3 is 15.0 Å². The molecule has 17 heavy (non-hydrogen) atoms. The number of carbonyl (C=O) groups excluding carboxylic acids is 1. The molecule has 4 nitrogen and oxygen atoms in total. The molecule has 1 aliphatic carbocycles. The van der Waals surface area contributed by atoms with Crippen LogP contribution in [-0.2, 0) is 22.5 Å². The van der Waals surface area contributed by atoms with E-state index in [0.29, 0.717) is 0 Å². The number of rotatable bonds is 2. The van der Waals surface area contributed by atoms with Crippen molar-refractivity contribution in [3.05, 3.63) is 23.5 Å². The Bertz CT molecular complexity index is 435. The van der Waals surface area contributed by atoms with Gasteiger partial charge in [0.05, 0.1) is 7.11 Å². The zero-order valence-electron chi connectivity index (χ0n) is 10.7. The maximum Gasteiger partial charge on any atom is 0.325 e. The Morgan fingerprint density at radius 1 is 1.65 bits per heavy atom. The molecule has 2 N–H and O–H groups in total. The minimum absolute atomic E-state index is 0.0765. The van der Waals surface area contributed by atoms with Gasteiger partial charge in [-0.3, -0.25) is 4.79 Å². The van der Waals surface area contributed by atoms with Crippen LogP contribution in [0, 0.1) is 5.41 Å². The largest absolute Gasteiger partial charge is 0.468 e. The van der Waals surface area contributed by atoms with Crippen molar-refractivity contribution in [2.75, 3.05) is 7.11 Å². The second kappa shape index (κ2) is 4.18. The second-order valence-electron chi connectivity index (χ2n) is 5.57. The fourth-order valence-electron chi connectivity index (χ4n) is 2.65. The summed E-state index contributed by atoms with van der Waals surface area (Å²) in [7, 11) is 1.41. The van der Waals surface area contributed by atoms with E-state index in [0.717, 1.165) is 12.8 Å². The molecule has 0 radical (unpaired) electrons. The monoisotopic (exact) mass is 236 g/mol. The first-order valence-electron chi connectivity index (χ1n) is 5.93. The van der Waals surface area contributed by atoms with E-state index in [1.54, 1.807) is 0 Å². The van der Waals surface area contributed by atoms with Crippen LogP contribution in [0.5, 0.6) is 0 Å². The summed E-state index contributed by atoms with van der Waals surface area (Å²) in [6.07, 6.45) is 3.88. The molecule has 0 aliphatic heterocycles. The first-order chi connectivity index (χ1) is 7.93. The highest BCUT2D eigenvalue weighted by Crippen LogP contribution is 2.39. The summed E-state index contributed by atoms with van der Waals surface area (Å²) in [5.74, 6) is -0.222. The molecular weight excluding hydrogens is 216 g/mol. The number of carbonyl (C=O) groups is 1. The Morgan fingerprint density at radius 2 is 2.35 bits per heavy atom. The van der Waals surface area contributed by atoms with E-state index in [1.807, 2.05) is 16.8 Å². The predicted octanol–water partition coefficient (Wildman–Crippen LogP) is 1.63. The third kappa shape index (κ3) is 2.36. The third-order valence-electron chi connectivity index (χ3n) is 3.46. The van der Waals surface area contributed by atoms with Gasteiger partial charge >= 0.3 is 5.97 Å². The summed E-state index contributed by atoms with van der Waals surface area (Å²) in [6, 6.07) is 2.10. The molecule has 1 aliphatic rings. The van der Waals surface area contributed by atoms with Gasteiger partial charge in [-0.25, -0.2) is 0 Å². The Morgan fingerprint density at radius 3 is 3.00 bits per heavy atom. The van der Waals surface area contributed by atoms with Crippen molar-refractivity contribution < 1.29 is 9.53 Å². The summed E-state index contributed by atoms with van der Waals surface area (Å²) < 4.78 is 6.66. The number of nitrogens with two attached hydrogens (primary N) is 1. The van der Waals surface area contributed by atoms with Crippen LogP contribution in [0.25, 0.3) is 0 Å². The summed E-state index contributed by atoms with van der Waals surface area (Å²) in [5.41, 5.74) is 8.72. The van der Waals surface area contributed by atoms with Crippen LogP contribution in [0.4, 0.5) is 0 Å². The van der Waals surface area contributed by atoms with Gasteiger partial charge in [-0.15, -0.1) is 0 Å². The molecule has 94 valence electrons. The number of ether oxygens (including phenoxy) is 1. The number of fused-ring (bicyclic) bond motifs is 1. The maximum absolute atomic E-state index is 11.3. The average molecular weight is 236 g/mol. The van der Waals surface area contributed by atoms with Crippen molar-refractivity contribution >= 4 is 5.97 Å². The minimum Gasteiger partial charge on any atom is -0.468 e. The molecule has 2 rings (SSSR count). The van der Waals surface area contributed by atoms with Gasteiger partial charge in [-0.1, -0.05) is 13.8 Å². The van der Waals surface area contributed by atoms with E-state index in [1.165, 1.54) is 18.4 Å². The molecule has 1 atom stereocenters. The van der Waals surface area contributed by atoms with Crippen LogP contribution in [0.3, 0.4) is 0 Å². The van der Waals surface area contributed by atoms with Gasteiger partial charge in [0, 0.05) is 17.9 Å². The van der Waals surface area contributed by atoms with E-state index in [2.05, 4.69) is 13.8 Å². The van der Waals surface area contributed by atoms with Crippen molar-refractivity contribution in [3.8, 4) is 0 Å². The lowest BCUT2D eigenvalue weighted by molar-refractivity contribution is -0.141. The molecule has 0 saturated carbocycles. The summed E-state index contributed by atoms with van der Waals surface area (Å²) in [4.78, 5) is 11.3. The number of aromatic nitrogens is 1. The molecule has 1 unspecified atom stereocenters. The van der Waals surface area contributed by atoms with Crippen LogP contribution < -0.4 is 5.73 Å². The van der Waals surface area contributed by atoms with E-state index < -0.39 is 0 Å². The van der Waals surface area contributed by atoms with Crippen LogP contribution in [-0.4, -0.2) is 17.6 Å². The Labute approximate surface area is 102 Å². The van der Waals surface area contributed by atoms with Crippen LogP contribution >= 0.6 is 0 Å². The van der Waals surface area contributed by atoms with E-state index in [-0.39, 0.29) is 24.0 Å².